The molecule has 7 heteroatoms. The molecule has 2 saturated heterocycles. The number of hydrogen-bond donors (Lipinski definition) is 0. The molecule has 0 aliphatic carbocycles. The highest BCUT2D eigenvalue weighted by molar-refractivity contribution is 5.66. The van der Waals surface area contributed by atoms with Crippen LogP contribution in [-0.4, -0.2) is 49.9 Å². The predicted molar refractivity (Wildman–Crippen MR) is 70.1 cm³/mol. The molecule has 120 valence electrons. The predicted octanol–water partition coefficient (Wildman–Crippen LogP) is 1.14. The molecule has 0 unspecified atom stereocenters. The smallest absolute Gasteiger partial charge is 0.303 e. The molecule has 2 rings (SSSR count). The van der Waals surface area contributed by atoms with Crippen molar-refractivity contribution in [2.24, 2.45) is 0 Å². The lowest BCUT2D eigenvalue weighted by Gasteiger charge is -2.37. The van der Waals surface area contributed by atoms with Crippen molar-refractivity contribution in [3.05, 3.63) is 0 Å². The normalized spacial score (nSPS) is 33.2. The largest absolute Gasteiger partial charge is 0.457 e. The van der Waals surface area contributed by atoms with Gasteiger partial charge >= 0.3 is 11.9 Å². The minimum Gasteiger partial charge on any atom is -0.457 e. The summed E-state index contributed by atoms with van der Waals surface area (Å²) >= 11 is 0. The maximum absolute atomic E-state index is 11.1. The molecule has 0 N–H and O–H groups in total. The Hall–Kier alpha value is -1.18. The summed E-state index contributed by atoms with van der Waals surface area (Å²) in [5.41, 5.74) is 0. The van der Waals surface area contributed by atoms with Gasteiger partial charge in [-0.1, -0.05) is 0 Å². The Kier molecular flexibility index (Phi) is 5.96. The van der Waals surface area contributed by atoms with Gasteiger partial charge in [0.1, 0.15) is 0 Å². The summed E-state index contributed by atoms with van der Waals surface area (Å²) in [7, 11) is 0. The fraction of sp³-hybridized carbons (Fsp3) is 0.857. The summed E-state index contributed by atoms with van der Waals surface area (Å²) in [6.45, 7) is 3.77. The number of carbonyl (C=O) groups excluding carboxylic acids is 2. The van der Waals surface area contributed by atoms with Crippen molar-refractivity contribution < 1.29 is 33.3 Å². The minimum atomic E-state index is -0.691. The topological polar surface area (TPSA) is 80.3 Å². The maximum Gasteiger partial charge on any atom is 0.303 e. The average molecular weight is 302 g/mol. The Labute approximate surface area is 123 Å². The molecular formula is C14H22O7. The molecule has 4 atom stereocenters. The van der Waals surface area contributed by atoms with Crippen LogP contribution < -0.4 is 0 Å². The van der Waals surface area contributed by atoms with Crippen molar-refractivity contribution in [1.29, 1.82) is 0 Å². The summed E-state index contributed by atoms with van der Waals surface area (Å²) in [5.74, 6) is -0.750. The first-order valence-corrected chi connectivity index (χ1v) is 7.29. The van der Waals surface area contributed by atoms with E-state index in [4.69, 9.17) is 23.7 Å². The molecular weight excluding hydrogens is 280 g/mol. The fourth-order valence-corrected chi connectivity index (χ4v) is 2.50. The van der Waals surface area contributed by atoms with Gasteiger partial charge in [0.2, 0.25) is 0 Å². The zero-order valence-corrected chi connectivity index (χ0v) is 12.4. The highest BCUT2D eigenvalue weighted by atomic mass is 16.8. The number of ether oxygens (including phenoxy) is 5. The van der Waals surface area contributed by atoms with E-state index < -0.39 is 24.8 Å². The summed E-state index contributed by atoms with van der Waals surface area (Å²) in [6.07, 6.45) is 0.657. The molecule has 0 aromatic rings. The Bertz CT molecular complexity index is 336. The molecule has 0 saturated carbocycles. The molecule has 0 aromatic heterocycles. The molecule has 2 fully saturated rings. The van der Waals surface area contributed by atoms with Gasteiger partial charge in [-0.25, -0.2) is 0 Å². The van der Waals surface area contributed by atoms with Crippen molar-refractivity contribution in [2.75, 3.05) is 13.2 Å². The molecule has 21 heavy (non-hydrogen) atoms. The summed E-state index contributed by atoms with van der Waals surface area (Å²) < 4.78 is 27.2. The van der Waals surface area contributed by atoms with Crippen molar-refractivity contribution >= 4 is 11.9 Å². The van der Waals surface area contributed by atoms with E-state index in [1.54, 1.807) is 0 Å². The van der Waals surface area contributed by atoms with Crippen molar-refractivity contribution in [2.45, 2.75) is 64.3 Å². The van der Waals surface area contributed by atoms with Gasteiger partial charge in [-0.15, -0.1) is 0 Å². The Morgan fingerprint density at radius 1 is 0.857 bits per heavy atom. The molecule has 0 amide bonds. The first-order chi connectivity index (χ1) is 10.1. The van der Waals surface area contributed by atoms with Crippen LogP contribution in [0.25, 0.3) is 0 Å². The summed E-state index contributed by atoms with van der Waals surface area (Å²) in [6, 6.07) is 0. The molecule has 2 aliphatic heterocycles. The van der Waals surface area contributed by atoms with Crippen LogP contribution in [0.4, 0.5) is 0 Å². The van der Waals surface area contributed by atoms with Gasteiger partial charge in [-0.3, -0.25) is 9.59 Å². The fourth-order valence-electron chi connectivity index (χ4n) is 2.50. The third kappa shape index (κ3) is 4.94. The highest BCUT2D eigenvalue weighted by Crippen LogP contribution is 2.25. The lowest BCUT2D eigenvalue weighted by atomic mass is 10.1. The van der Waals surface area contributed by atoms with Crippen molar-refractivity contribution in [3.8, 4) is 0 Å². The third-order valence-electron chi connectivity index (χ3n) is 3.34. The average Bonchev–Trinajstić information content (AvgIpc) is 2.42. The monoisotopic (exact) mass is 302 g/mol. The number of carbonyl (C=O) groups is 2. The van der Waals surface area contributed by atoms with Crippen LogP contribution in [0.3, 0.4) is 0 Å². The Balaban J connectivity index is 1.95. The quantitative estimate of drug-likeness (QED) is 0.720. The third-order valence-corrected chi connectivity index (χ3v) is 3.34. The zero-order valence-electron chi connectivity index (χ0n) is 12.4. The lowest BCUT2D eigenvalue weighted by molar-refractivity contribution is -0.314. The van der Waals surface area contributed by atoms with Gasteiger partial charge in [0.15, 0.2) is 24.8 Å². The van der Waals surface area contributed by atoms with E-state index >= 15 is 0 Å². The molecule has 0 bridgehead atoms. The SMILES string of the molecule is CC(=O)O[C@@H]1CCCO[C@@H]1O[C@@H]1OCCC[C@H]1OC(C)=O. The number of hydrogen-bond acceptors (Lipinski definition) is 7. The second-order valence-electron chi connectivity index (χ2n) is 5.19. The van der Waals surface area contributed by atoms with Gasteiger partial charge in [-0.05, 0) is 25.7 Å². The maximum atomic E-state index is 11.1. The van der Waals surface area contributed by atoms with Gasteiger partial charge in [0, 0.05) is 13.8 Å². The number of rotatable bonds is 4. The second-order valence-corrected chi connectivity index (χ2v) is 5.19. The Morgan fingerprint density at radius 2 is 1.29 bits per heavy atom. The standard InChI is InChI=1S/C14H22O7/c1-9(15)19-11-5-3-7-17-13(11)21-14-12(20-10(2)16)6-4-8-18-14/h11-14H,3-8H2,1-2H3/t11-,12-,13-,14+/m1/s1. The highest BCUT2D eigenvalue weighted by Gasteiger charge is 2.37. The van der Waals surface area contributed by atoms with Gasteiger partial charge < -0.3 is 23.7 Å². The second kappa shape index (κ2) is 7.72. The molecule has 2 heterocycles. The molecule has 7 nitrogen and oxygen atoms in total. The molecule has 0 spiro atoms. The van der Waals surface area contributed by atoms with Gasteiger partial charge in [0.25, 0.3) is 0 Å². The molecule has 0 radical (unpaired) electrons. The summed E-state index contributed by atoms with van der Waals surface area (Å²) in [5, 5.41) is 0. The van der Waals surface area contributed by atoms with Crippen LogP contribution in [0, 0.1) is 0 Å². The Morgan fingerprint density at radius 3 is 1.67 bits per heavy atom. The lowest BCUT2D eigenvalue weighted by Crippen LogP contribution is -2.47. The van der Waals surface area contributed by atoms with Crippen molar-refractivity contribution in [3.63, 3.8) is 0 Å². The van der Waals surface area contributed by atoms with E-state index in [1.165, 1.54) is 13.8 Å². The van der Waals surface area contributed by atoms with Gasteiger partial charge in [0.05, 0.1) is 13.2 Å². The molecule has 0 aromatic carbocycles. The van der Waals surface area contributed by atoms with Crippen LogP contribution in [0.5, 0.6) is 0 Å². The van der Waals surface area contributed by atoms with Crippen LogP contribution in [-0.2, 0) is 33.3 Å². The van der Waals surface area contributed by atoms with Crippen LogP contribution >= 0.6 is 0 Å². The van der Waals surface area contributed by atoms with E-state index in [0.29, 0.717) is 26.1 Å². The van der Waals surface area contributed by atoms with Gasteiger partial charge in [-0.2, -0.15) is 0 Å². The minimum absolute atomic E-state index is 0.375. The number of esters is 2. The van der Waals surface area contributed by atoms with Crippen LogP contribution in [0.15, 0.2) is 0 Å². The first kappa shape index (κ1) is 16.2. The van der Waals surface area contributed by atoms with E-state index in [0.717, 1.165) is 12.8 Å². The van der Waals surface area contributed by atoms with Crippen molar-refractivity contribution in [1.82, 2.24) is 0 Å². The van der Waals surface area contributed by atoms with Crippen LogP contribution in [0.1, 0.15) is 39.5 Å². The zero-order chi connectivity index (χ0) is 15.2. The first-order valence-electron chi connectivity index (χ1n) is 7.29. The molecule has 2 aliphatic rings. The summed E-state index contributed by atoms with van der Waals surface area (Å²) in [4.78, 5) is 22.3. The van der Waals surface area contributed by atoms with E-state index in [9.17, 15) is 9.59 Å². The van der Waals surface area contributed by atoms with E-state index in [2.05, 4.69) is 0 Å². The van der Waals surface area contributed by atoms with E-state index in [1.807, 2.05) is 0 Å². The van der Waals surface area contributed by atoms with Crippen LogP contribution in [0.2, 0.25) is 0 Å². The van der Waals surface area contributed by atoms with E-state index in [-0.39, 0.29) is 11.9 Å².